The van der Waals surface area contributed by atoms with Crippen LogP contribution in [0.25, 0.3) is 11.4 Å². The molecule has 0 saturated heterocycles. The van der Waals surface area contributed by atoms with E-state index in [4.69, 9.17) is 11.6 Å². The summed E-state index contributed by atoms with van der Waals surface area (Å²) < 4.78 is 3.49. The van der Waals surface area contributed by atoms with E-state index in [-0.39, 0.29) is 11.6 Å². The molecular weight excluding hydrogens is 346 g/mol. The lowest BCUT2D eigenvalue weighted by Gasteiger charge is -2.10. The number of aromatic nitrogens is 5. The average molecular weight is 358 g/mol. The van der Waals surface area contributed by atoms with Crippen molar-refractivity contribution in [3.63, 3.8) is 0 Å². The fraction of sp³-hybridized carbons (Fsp3) is 0.133. The van der Waals surface area contributed by atoms with Crippen molar-refractivity contribution in [2.45, 2.75) is 13.3 Å². The molecule has 9 nitrogen and oxygen atoms in total. The number of hydrogen-bond donors (Lipinski definition) is 2. The van der Waals surface area contributed by atoms with Gasteiger partial charge in [0.2, 0.25) is 5.91 Å². The molecule has 3 heterocycles. The Morgan fingerprint density at radius 1 is 1.24 bits per heavy atom. The maximum absolute atomic E-state index is 12.3. The van der Waals surface area contributed by atoms with Crippen LogP contribution in [0.3, 0.4) is 0 Å². The lowest BCUT2D eigenvalue weighted by molar-refractivity contribution is -0.119. The molecule has 0 bridgehead atoms. The molecule has 0 aliphatic carbocycles. The predicted molar refractivity (Wildman–Crippen MR) is 87.6 cm³/mol. The molecule has 1 aromatic carbocycles. The van der Waals surface area contributed by atoms with Crippen molar-refractivity contribution in [3.8, 4) is 11.4 Å². The smallest absolute Gasteiger partial charge is 0.290 e. The Kier molecular flexibility index (Phi) is 3.50. The number of nitrogens with one attached hydrogen (secondary N) is 2. The van der Waals surface area contributed by atoms with Gasteiger partial charge in [0.15, 0.2) is 5.69 Å². The third-order valence-corrected chi connectivity index (χ3v) is 4.06. The van der Waals surface area contributed by atoms with Crippen molar-refractivity contribution in [2.24, 2.45) is 0 Å². The highest BCUT2D eigenvalue weighted by molar-refractivity contribution is 6.30. The van der Waals surface area contributed by atoms with Gasteiger partial charge in [0.05, 0.1) is 29.0 Å². The van der Waals surface area contributed by atoms with Crippen LogP contribution >= 0.6 is 11.6 Å². The third kappa shape index (κ3) is 2.54. The van der Waals surface area contributed by atoms with Crippen LogP contribution in [-0.4, -0.2) is 36.4 Å². The van der Waals surface area contributed by atoms with Gasteiger partial charge in [-0.15, -0.1) is 5.10 Å². The molecule has 0 atom stereocenters. The molecule has 126 valence electrons. The molecule has 2 N–H and O–H groups in total. The number of benzene rings is 1. The fourth-order valence-electron chi connectivity index (χ4n) is 2.77. The number of nitrogens with zero attached hydrogens (tertiary/aromatic N) is 5. The van der Waals surface area contributed by atoms with Crippen LogP contribution in [0.15, 0.2) is 30.7 Å². The predicted octanol–water partition coefficient (Wildman–Crippen LogP) is 0.792. The third-order valence-electron chi connectivity index (χ3n) is 3.83. The molecule has 4 rings (SSSR count). The van der Waals surface area contributed by atoms with Crippen molar-refractivity contribution in [1.82, 2.24) is 35.4 Å². The standard InChI is InChI=1S/C15H12ClN7O2/c1-8(24)19-20-15(25)14-13-5-10-6-18-21-23(10)12-4-9(16)2-3-11(12)22(13)7-17-14/h2-4,6-7H,5H2,1H3,(H,19,24)(H,20,25). The van der Waals surface area contributed by atoms with Gasteiger partial charge in [0, 0.05) is 18.4 Å². The number of hydrogen-bond acceptors (Lipinski definition) is 5. The van der Waals surface area contributed by atoms with Crippen LogP contribution in [0.5, 0.6) is 0 Å². The molecule has 25 heavy (non-hydrogen) atoms. The minimum absolute atomic E-state index is 0.212. The molecule has 0 fully saturated rings. The second-order valence-corrected chi connectivity index (χ2v) is 5.93. The Bertz CT molecular complexity index is 1010. The summed E-state index contributed by atoms with van der Waals surface area (Å²) in [5.74, 6) is -0.874. The van der Waals surface area contributed by atoms with Crippen molar-refractivity contribution in [2.75, 3.05) is 0 Å². The number of amides is 2. The van der Waals surface area contributed by atoms with Crippen LogP contribution < -0.4 is 10.9 Å². The van der Waals surface area contributed by atoms with E-state index in [1.54, 1.807) is 29.3 Å². The van der Waals surface area contributed by atoms with Crippen LogP contribution in [-0.2, 0) is 11.2 Å². The first-order chi connectivity index (χ1) is 12.0. The summed E-state index contributed by atoms with van der Waals surface area (Å²) in [5.41, 5.74) is 7.77. The highest BCUT2D eigenvalue weighted by Crippen LogP contribution is 2.30. The van der Waals surface area contributed by atoms with E-state index in [1.165, 1.54) is 6.92 Å². The molecule has 2 amide bonds. The van der Waals surface area contributed by atoms with Gasteiger partial charge in [0.1, 0.15) is 6.33 Å². The van der Waals surface area contributed by atoms with Gasteiger partial charge in [-0.25, -0.2) is 9.67 Å². The van der Waals surface area contributed by atoms with E-state index >= 15 is 0 Å². The molecule has 0 unspecified atom stereocenters. The van der Waals surface area contributed by atoms with Gasteiger partial charge in [-0.05, 0) is 18.2 Å². The average Bonchev–Trinajstić information content (AvgIpc) is 3.18. The second-order valence-electron chi connectivity index (χ2n) is 5.49. The summed E-state index contributed by atoms with van der Waals surface area (Å²) in [7, 11) is 0. The first-order valence-corrected chi connectivity index (χ1v) is 7.75. The van der Waals surface area contributed by atoms with Crippen LogP contribution in [0, 0.1) is 0 Å². The first-order valence-electron chi connectivity index (χ1n) is 7.37. The van der Waals surface area contributed by atoms with Crippen molar-refractivity contribution in [3.05, 3.63) is 52.8 Å². The van der Waals surface area contributed by atoms with Gasteiger partial charge >= 0.3 is 0 Å². The maximum Gasteiger partial charge on any atom is 0.290 e. The summed E-state index contributed by atoms with van der Waals surface area (Å²) in [6.07, 6.45) is 3.58. The van der Waals surface area contributed by atoms with Crippen LogP contribution in [0.2, 0.25) is 5.02 Å². The van der Waals surface area contributed by atoms with Gasteiger partial charge in [-0.2, -0.15) is 0 Å². The largest absolute Gasteiger partial charge is 0.300 e. The number of halogens is 1. The van der Waals surface area contributed by atoms with E-state index in [0.29, 0.717) is 17.1 Å². The molecule has 0 saturated carbocycles. The summed E-state index contributed by atoms with van der Waals surface area (Å²) >= 11 is 6.13. The highest BCUT2D eigenvalue weighted by atomic mass is 35.5. The normalized spacial score (nSPS) is 11.8. The quantitative estimate of drug-likeness (QED) is 0.490. The molecule has 0 radical (unpaired) electrons. The Balaban J connectivity index is 1.86. The summed E-state index contributed by atoms with van der Waals surface area (Å²) in [4.78, 5) is 27.6. The van der Waals surface area contributed by atoms with Gasteiger partial charge in [-0.3, -0.25) is 25.0 Å². The van der Waals surface area contributed by atoms with Gasteiger partial charge in [0.25, 0.3) is 5.91 Å². The molecule has 0 spiro atoms. The number of carbonyl (C=O) groups is 2. The number of imidazole rings is 1. The highest BCUT2D eigenvalue weighted by Gasteiger charge is 2.26. The number of fused-ring (bicyclic) bond motifs is 5. The van der Waals surface area contributed by atoms with Crippen LogP contribution in [0.4, 0.5) is 0 Å². The minimum Gasteiger partial charge on any atom is -0.300 e. The zero-order valence-electron chi connectivity index (χ0n) is 13.0. The monoisotopic (exact) mass is 357 g/mol. The van der Waals surface area contributed by atoms with E-state index in [1.807, 2.05) is 10.6 Å². The SMILES string of the molecule is CC(=O)NNC(=O)c1ncn2c1Cc1cnnn1-c1cc(Cl)ccc1-2. The van der Waals surface area contributed by atoms with Crippen molar-refractivity contribution in [1.29, 1.82) is 0 Å². The Labute approximate surface area is 146 Å². The zero-order chi connectivity index (χ0) is 17.6. The molecule has 1 aliphatic heterocycles. The molecular formula is C15H12ClN7O2. The Hall–Kier alpha value is -3.20. The van der Waals surface area contributed by atoms with E-state index in [2.05, 4.69) is 26.1 Å². The lowest BCUT2D eigenvalue weighted by atomic mass is 10.2. The van der Waals surface area contributed by atoms with E-state index < -0.39 is 5.91 Å². The molecule has 2 aromatic heterocycles. The minimum atomic E-state index is -0.500. The Morgan fingerprint density at radius 3 is 2.88 bits per heavy atom. The topological polar surface area (TPSA) is 107 Å². The van der Waals surface area contributed by atoms with Crippen molar-refractivity contribution < 1.29 is 9.59 Å². The molecule has 3 aromatic rings. The van der Waals surface area contributed by atoms with E-state index in [0.717, 1.165) is 17.1 Å². The number of hydrazine groups is 1. The Morgan fingerprint density at radius 2 is 2.08 bits per heavy atom. The van der Waals surface area contributed by atoms with Gasteiger partial charge in [-0.1, -0.05) is 16.8 Å². The second kappa shape index (κ2) is 5.71. The summed E-state index contributed by atoms with van der Waals surface area (Å²) in [6.45, 7) is 1.30. The number of rotatable bonds is 1. The summed E-state index contributed by atoms with van der Waals surface area (Å²) in [5, 5.41) is 8.62. The van der Waals surface area contributed by atoms with Gasteiger partial charge < -0.3 is 0 Å². The lowest BCUT2D eigenvalue weighted by Crippen LogP contribution is -2.40. The zero-order valence-corrected chi connectivity index (χ0v) is 13.8. The molecule has 1 aliphatic rings. The van der Waals surface area contributed by atoms with Crippen molar-refractivity contribution >= 4 is 23.4 Å². The van der Waals surface area contributed by atoms with Crippen LogP contribution in [0.1, 0.15) is 28.8 Å². The molecule has 10 heteroatoms. The first kappa shape index (κ1) is 15.3. The fourth-order valence-corrected chi connectivity index (χ4v) is 2.93. The van der Waals surface area contributed by atoms with E-state index in [9.17, 15) is 9.59 Å². The maximum atomic E-state index is 12.3. The summed E-state index contributed by atoms with van der Waals surface area (Å²) in [6, 6.07) is 5.36. The number of carbonyl (C=O) groups excluding carboxylic acids is 2.